The van der Waals surface area contributed by atoms with E-state index in [4.69, 9.17) is 33.3 Å². The summed E-state index contributed by atoms with van der Waals surface area (Å²) in [6, 6.07) is 13.2. The van der Waals surface area contributed by atoms with Gasteiger partial charge in [0.2, 0.25) is 4.77 Å². The van der Waals surface area contributed by atoms with Crippen molar-refractivity contribution in [3.8, 4) is 11.5 Å². The minimum atomic E-state index is 0.380. The van der Waals surface area contributed by atoms with Crippen LogP contribution in [0.25, 0.3) is 0 Å². The summed E-state index contributed by atoms with van der Waals surface area (Å²) in [6.45, 7) is 2.51. The fourth-order valence-electron chi connectivity index (χ4n) is 2.75. The van der Waals surface area contributed by atoms with Crippen molar-refractivity contribution < 1.29 is 9.47 Å². The maximum Gasteiger partial charge on any atom is 0.216 e. The largest absolute Gasteiger partial charge is 0.493 e. The van der Waals surface area contributed by atoms with Gasteiger partial charge in [-0.2, -0.15) is 14.9 Å². The normalized spacial score (nSPS) is 11.1. The molecule has 1 heterocycles. The lowest BCUT2D eigenvalue weighted by Crippen LogP contribution is -2.03. The van der Waals surface area contributed by atoms with Crippen LogP contribution in [0.3, 0.4) is 0 Å². The van der Waals surface area contributed by atoms with Crippen molar-refractivity contribution in [2.24, 2.45) is 5.10 Å². The number of rotatable bonds is 9. The number of benzene rings is 2. The number of unbranched alkanes of at least 4 members (excludes halogenated alkanes) is 1. The van der Waals surface area contributed by atoms with Crippen molar-refractivity contribution in [1.29, 1.82) is 0 Å². The maximum absolute atomic E-state index is 6.06. The molecule has 0 bridgehead atoms. The van der Waals surface area contributed by atoms with E-state index in [2.05, 4.69) is 22.2 Å². The molecule has 0 spiro atoms. The Hall–Kier alpha value is -2.64. The Labute approximate surface area is 180 Å². The Morgan fingerprint density at radius 1 is 1.24 bits per heavy atom. The van der Waals surface area contributed by atoms with E-state index in [1.807, 2.05) is 42.5 Å². The van der Waals surface area contributed by atoms with Crippen molar-refractivity contribution in [2.75, 3.05) is 7.11 Å². The number of para-hydroxylation sites is 1. The quantitative estimate of drug-likeness (QED) is 0.364. The first-order valence-corrected chi connectivity index (χ1v) is 10.2. The molecule has 0 saturated carbocycles. The van der Waals surface area contributed by atoms with E-state index in [0.29, 0.717) is 27.9 Å². The fraction of sp³-hybridized carbons (Fsp3) is 0.286. The lowest BCUT2D eigenvalue weighted by Gasteiger charge is -2.13. The van der Waals surface area contributed by atoms with E-state index in [0.717, 1.165) is 36.2 Å². The second-order valence-electron chi connectivity index (χ2n) is 6.40. The van der Waals surface area contributed by atoms with E-state index >= 15 is 0 Å². The Balaban J connectivity index is 1.86. The van der Waals surface area contributed by atoms with Crippen LogP contribution < -0.4 is 9.47 Å². The Bertz CT molecular complexity index is 1030. The van der Waals surface area contributed by atoms with Gasteiger partial charge in [-0.15, -0.1) is 0 Å². The smallest absolute Gasteiger partial charge is 0.216 e. The van der Waals surface area contributed by atoms with Gasteiger partial charge in [-0.3, -0.25) is 5.10 Å². The zero-order valence-corrected chi connectivity index (χ0v) is 18.0. The highest BCUT2D eigenvalue weighted by Gasteiger charge is 2.11. The second kappa shape index (κ2) is 10.2. The van der Waals surface area contributed by atoms with Gasteiger partial charge in [0.25, 0.3) is 0 Å². The molecule has 3 aromatic rings. The number of halogens is 1. The summed E-state index contributed by atoms with van der Waals surface area (Å²) >= 11 is 11.3. The third-order valence-electron chi connectivity index (χ3n) is 4.31. The molecule has 0 aliphatic carbocycles. The summed E-state index contributed by atoms with van der Waals surface area (Å²) in [6.07, 6.45) is 4.60. The van der Waals surface area contributed by atoms with E-state index < -0.39 is 0 Å². The predicted octanol–water partition coefficient (Wildman–Crippen LogP) is 5.41. The first-order chi connectivity index (χ1) is 14.1. The van der Waals surface area contributed by atoms with E-state index in [9.17, 15) is 0 Å². The number of nitrogens with one attached hydrogen (secondary N) is 1. The zero-order chi connectivity index (χ0) is 20.6. The molecule has 29 heavy (non-hydrogen) atoms. The number of nitrogens with zero attached hydrogens (tertiary/aromatic N) is 3. The number of hydrogen-bond donors (Lipinski definition) is 1. The average molecular weight is 431 g/mol. The van der Waals surface area contributed by atoms with E-state index in [-0.39, 0.29) is 0 Å². The molecular weight excluding hydrogens is 408 g/mol. The highest BCUT2D eigenvalue weighted by Crippen LogP contribution is 2.31. The second-order valence-corrected chi connectivity index (χ2v) is 7.22. The Morgan fingerprint density at radius 3 is 2.76 bits per heavy atom. The lowest BCUT2D eigenvalue weighted by molar-refractivity contribution is 0.284. The van der Waals surface area contributed by atoms with Gasteiger partial charge in [0, 0.05) is 17.0 Å². The van der Waals surface area contributed by atoms with Gasteiger partial charge in [-0.25, -0.2) is 0 Å². The van der Waals surface area contributed by atoms with Crippen LogP contribution in [0.5, 0.6) is 11.5 Å². The summed E-state index contributed by atoms with van der Waals surface area (Å²) in [7, 11) is 1.61. The van der Waals surface area contributed by atoms with Gasteiger partial charge in [0.15, 0.2) is 17.3 Å². The first kappa shape index (κ1) is 21.1. The van der Waals surface area contributed by atoms with Crippen LogP contribution in [-0.4, -0.2) is 28.2 Å². The zero-order valence-electron chi connectivity index (χ0n) is 16.4. The summed E-state index contributed by atoms with van der Waals surface area (Å²) < 4.78 is 13.6. The summed E-state index contributed by atoms with van der Waals surface area (Å²) in [5.41, 5.74) is 1.78. The van der Waals surface area contributed by atoms with Crippen LogP contribution >= 0.6 is 23.8 Å². The molecule has 0 amide bonds. The minimum absolute atomic E-state index is 0.380. The number of aromatic nitrogens is 3. The van der Waals surface area contributed by atoms with Gasteiger partial charge < -0.3 is 9.47 Å². The topological polar surface area (TPSA) is 64.4 Å². The molecule has 1 N–H and O–H groups in total. The van der Waals surface area contributed by atoms with Crippen molar-refractivity contribution in [3.05, 3.63) is 69.2 Å². The summed E-state index contributed by atoms with van der Waals surface area (Å²) in [5.74, 6) is 2.04. The summed E-state index contributed by atoms with van der Waals surface area (Å²) in [5, 5.41) is 12.3. The number of aromatic amines is 1. The number of methoxy groups -OCH3 is 1. The van der Waals surface area contributed by atoms with Crippen LogP contribution in [-0.2, 0) is 13.0 Å². The van der Waals surface area contributed by atoms with Crippen molar-refractivity contribution in [1.82, 2.24) is 14.9 Å². The molecule has 152 valence electrons. The van der Waals surface area contributed by atoms with Crippen molar-refractivity contribution >= 4 is 30.0 Å². The fourth-order valence-corrected chi connectivity index (χ4v) is 3.07. The third kappa shape index (κ3) is 5.46. The molecule has 0 unspecified atom stereocenters. The molecular formula is C21H23ClN4O2S. The van der Waals surface area contributed by atoms with Gasteiger partial charge >= 0.3 is 0 Å². The molecule has 3 rings (SSSR count). The van der Waals surface area contributed by atoms with Crippen LogP contribution in [0.4, 0.5) is 0 Å². The van der Waals surface area contributed by atoms with Crippen LogP contribution in [0.15, 0.2) is 47.6 Å². The van der Waals surface area contributed by atoms with Gasteiger partial charge in [0.05, 0.1) is 13.3 Å². The minimum Gasteiger partial charge on any atom is -0.493 e. The van der Waals surface area contributed by atoms with E-state index in [1.54, 1.807) is 18.0 Å². The van der Waals surface area contributed by atoms with Crippen molar-refractivity contribution in [3.63, 3.8) is 0 Å². The molecule has 0 saturated heterocycles. The molecule has 1 aromatic heterocycles. The number of ether oxygens (including phenoxy) is 2. The number of H-pyrrole nitrogens is 1. The molecule has 2 aromatic carbocycles. The number of aryl methyl sites for hydroxylation is 1. The highest BCUT2D eigenvalue weighted by molar-refractivity contribution is 7.71. The molecule has 0 fully saturated rings. The van der Waals surface area contributed by atoms with Crippen molar-refractivity contribution in [2.45, 2.75) is 32.8 Å². The van der Waals surface area contributed by atoms with Crippen LogP contribution in [0.1, 0.15) is 36.7 Å². The van der Waals surface area contributed by atoms with Crippen LogP contribution in [0, 0.1) is 4.77 Å². The average Bonchev–Trinajstić information content (AvgIpc) is 3.09. The maximum atomic E-state index is 6.06. The number of hydrogen-bond acceptors (Lipinski definition) is 5. The molecule has 6 nitrogen and oxygen atoms in total. The predicted molar refractivity (Wildman–Crippen MR) is 118 cm³/mol. The highest BCUT2D eigenvalue weighted by atomic mass is 35.5. The lowest BCUT2D eigenvalue weighted by atomic mass is 10.2. The van der Waals surface area contributed by atoms with Gasteiger partial charge in [-0.05, 0) is 48.5 Å². The van der Waals surface area contributed by atoms with E-state index in [1.165, 1.54) is 0 Å². The SMILES string of the molecule is CCCCc1n[nH]c(=S)n1/N=C/c1cccc(OC)c1OCc1ccc(Cl)cc1. The summed E-state index contributed by atoms with van der Waals surface area (Å²) in [4.78, 5) is 0. The third-order valence-corrected chi connectivity index (χ3v) is 4.83. The van der Waals surface area contributed by atoms with Crippen LogP contribution in [0.2, 0.25) is 5.02 Å². The standard InChI is InChI=1S/C21H23ClN4O2S/c1-3-4-8-19-24-25-21(29)26(19)23-13-16-6-5-7-18(27-2)20(16)28-14-15-9-11-17(22)12-10-15/h5-7,9-13H,3-4,8,14H2,1-2H3,(H,25,29)/b23-13+. The van der Waals surface area contributed by atoms with Gasteiger partial charge in [-0.1, -0.05) is 43.1 Å². The molecule has 8 heteroatoms. The molecule has 0 radical (unpaired) electrons. The van der Waals surface area contributed by atoms with Gasteiger partial charge in [0.1, 0.15) is 6.61 Å². The first-order valence-electron chi connectivity index (χ1n) is 9.37. The monoisotopic (exact) mass is 430 g/mol. The Morgan fingerprint density at radius 2 is 2.03 bits per heavy atom. The molecule has 0 aliphatic heterocycles. The molecule has 0 aliphatic rings. The Kier molecular flexibility index (Phi) is 7.43. The molecule has 0 atom stereocenters.